The molecule has 0 nitrogen and oxygen atoms in total. The molecule has 0 fully saturated rings. The fourth-order valence-electron chi connectivity index (χ4n) is 0. The Kier molecular flexibility index (Phi) is 85.6. The Labute approximate surface area is 99.5 Å². The van der Waals surface area contributed by atoms with Gasteiger partial charge in [0.15, 0.2) is 0 Å². The molecule has 0 bridgehead atoms. The van der Waals surface area contributed by atoms with Gasteiger partial charge in [-0.15, -0.1) is 37.2 Å². The Morgan fingerprint density at radius 2 is 0.750 bits per heavy atom. The fraction of sp³-hybridized carbons (Fsp3) is 0. The van der Waals surface area contributed by atoms with Gasteiger partial charge in [0.2, 0.25) is 0 Å². The van der Waals surface area contributed by atoms with E-state index >= 15 is 0 Å². The molecule has 0 amide bonds. The molecule has 0 aliphatic heterocycles. The standard InChI is InChI=1S/6ClH.Ru.Ti/h6*1H;;/q;;;;;;+3;/p-3. The Hall–Kier alpha value is 3.08. The van der Waals surface area contributed by atoms with Gasteiger partial charge in [-0.3, -0.25) is 0 Å². The second-order valence-electron chi connectivity index (χ2n) is 0.152. The third kappa shape index (κ3) is 62.5. The monoisotopic (exact) mass is 363 g/mol. The maximum atomic E-state index is 4.95. The van der Waals surface area contributed by atoms with Gasteiger partial charge in [0.25, 0.3) is 0 Å². The molecule has 0 aliphatic carbocycles. The normalized spacial score (nSPS) is 5.62. The summed E-state index contributed by atoms with van der Waals surface area (Å²) in [5, 5.41) is 0. The van der Waals surface area contributed by atoms with Gasteiger partial charge in [0.05, 0.1) is 0 Å². The van der Waals surface area contributed by atoms with E-state index in [4.69, 9.17) is 29.1 Å². The smallest absolute Gasteiger partial charge is 0 e. The molecule has 0 heterocycles. The van der Waals surface area contributed by atoms with Crippen LogP contribution in [0.2, 0.25) is 0 Å². The van der Waals surface area contributed by atoms with E-state index in [0.29, 0.717) is 0 Å². The van der Waals surface area contributed by atoms with E-state index in [1.807, 2.05) is 0 Å². The first kappa shape index (κ1) is 30.5. The largest absolute Gasteiger partial charge is 0 e. The minimum atomic E-state index is -1.75. The average Bonchev–Trinajstić information content (AvgIpc) is 0.811. The van der Waals surface area contributed by atoms with Crippen molar-refractivity contribution in [3.05, 3.63) is 0 Å². The molecule has 0 atom stereocenters. The zero-order valence-electron chi connectivity index (χ0n) is 3.21. The molecule has 0 N–H and O–H groups in total. The van der Waals surface area contributed by atoms with Crippen molar-refractivity contribution >= 4 is 66.3 Å². The van der Waals surface area contributed by atoms with Crippen LogP contribution in [0.5, 0.6) is 0 Å². The van der Waals surface area contributed by atoms with Crippen LogP contribution in [0.4, 0.5) is 0 Å². The Bertz CT molecular complexity index is 13.2. The second kappa shape index (κ2) is 22.5. The van der Waals surface area contributed by atoms with E-state index in [-0.39, 0.29) is 58.9 Å². The van der Waals surface area contributed by atoms with Crippen LogP contribution in [0.25, 0.3) is 0 Å². The Balaban J connectivity index is -0.00000000750. The van der Waals surface area contributed by atoms with Crippen LogP contribution < -0.4 is 0 Å². The molecule has 57 valence electrons. The first-order chi connectivity index (χ1) is 1.73. The van der Waals surface area contributed by atoms with E-state index in [9.17, 15) is 0 Å². The minimum Gasteiger partial charge on any atom is 0 e. The maximum absolute atomic E-state index is 4.95. The number of rotatable bonds is 0. The first-order valence-corrected chi connectivity index (χ1v) is 7.12. The predicted octanol–water partition coefficient (Wildman–Crippen LogP) is 3.33. The van der Waals surface area contributed by atoms with Gasteiger partial charge in [-0.05, 0) is 0 Å². The minimum absolute atomic E-state index is 0. The van der Waals surface area contributed by atoms with E-state index in [2.05, 4.69) is 0 Å². The molecule has 0 aromatic heterocycles. The van der Waals surface area contributed by atoms with E-state index in [0.717, 1.165) is 0 Å². The van der Waals surface area contributed by atoms with Crippen LogP contribution in [-0.2, 0) is 34.7 Å². The summed E-state index contributed by atoms with van der Waals surface area (Å²) >= 11 is -1.75. The molecule has 0 aliphatic rings. The Morgan fingerprint density at radius 1 is 0.750 bits per heavy atom. The summed E-state index contributed by atoms with van der Waals surface area (Å²) in [6.45, 7) is 0. The molecule has 0 aromatic carbocycles. The van der Waals surface area contributed by atoms with Crippen molar-refractivity contribution < 1.29 is 34.7 Å². The molecule has 0 radical (unpaired) electrons. The topological polar surface area (TPSA) is 0 Å². The molecule has 8 heavy (non-hydrogen) atoms. The summed E-state index contributed by atoms with van der Waals surface area (Å²) < 4.78 is 0. The van der Waals surface area contributed by atoms with Crippen LogP contribution in [-0.4, -0.2) is 0 Å². The van der Waals surface area contributed by atoms with Gasteiger partial charge in [0, 0.05) is 21.7 Å². The second-order valence-corrected chi connectivity index (χ2v) is 8.07. The van der Waals surface area contributed by atoms with E-state index in [1.54, 1.807) is 0 Å². The molecule has 8 heteroatoms. The van der Waals surface area contributed by atoms with Crippen LogP contribution in [0, 0.1) is 0 Å². The third-order valence-electron chi connectivity index (χ3n) is 0. The van der Waals surface area contributed by atoms with Crippen LogP contribution >= 0.6 is 66.3 Å². The summed E-state index contributed by atoms with van der Waals surface area (Å²) in [6.07, 6.45) is 0. The van der Waals surface area contributed by atoms with Gasteiger partial charge in [-0.1, -0.05) is 0 Å². The fourth-order valence-corrected chi connectivity index (χ4v) is 0. The SMILES string of the molecule is Cl.Cl.Cl.[Cl][Ru]([Cl])[Cl].[Ti]. The molecule has 0 saturated heterocycles. The third-order valence-corrected chi connectivity index (χ3v) is 0. The zero-order valence-corrected chi connectivity index (χ0v) is 11.2. The van der Waals surface area contributed by atoms with Crippen LogP contribution in [0.3, 0.4) is 0 Å². The van der Waals surface area contributed by atoms with Crippen molar-refractivity contribution in [2.75, 3.05) is 0 Å². The van der Waals surface area contributed by atoms with Gasteiger partial charge in [0.1, 0.15) is 0 Å². The number of hydrogen-bond acceptors (Lipinski definition) is 0. The van der Waals surface area contributed by atoms with E-state index in [1.165, 1.54) is 0 Å². The number of halogens is 6. The summed E-state index contributed by atoms with van der Waals surface area (Å²) in [7, 11) is 14.8. The van der Waals surface area contributed by atoms with Gasteiger partial charge in [-0.2, -0.15) is 0 Å². The van der Waals surface area contributed by atoms with Crippen molar-refractivity contribution in [3.8, 4) is 0 Å². The zero-order chi connectivity index (χ0) is 3.58. The van der Waals surface area contributed by atoms with Crippen molar-refractivity contribution in [1.82, 2.24) is 0 Å². The van der Waals surface area contributed by atoms with Crippen molar-refractivity contribution in [1.29, 1.82) is 0 Å². The molecule has 0 spiro atoms. The summed E-state index contributed by atoms with van der Waals surface area (Å²) in [4.78, 5) is 0. The molecule has 0 saturated carbocycles. The van der Waals surface area contributed by atoms with E-state index < -0.39 is 13.0 Å². The summed E-state index contributed by atoms with van der Waals surface area (Å²) in [5.41, 5.74) is 0. The summed E-state index contributed by atoms with van der Waals surface area (Å²) in [6, 6.07) is 0. The van der Waals surface area contributed by atoms with Gasteiger partial charge in [-0.25, -0.2) is 0 Å². The van der Waals surface area contributed by atoms with Crippen LogP contribution in [0.15, 0.2) is 0 Å². The van der Waals surface area contributed by atoms with Crippen molar-refractivity contribution in [2.45, 2.75) is 0 Å². The summed E-state index contributed by atoms with van der Waals surface area (Å²) in [5.74, 6) is 0. The molecule has 0 aromatic rings. The van der Waals surface area contributed by atoms with Gasteiger partial charge < -0.3 is 0 Å². The molecular formula is H3Cl6RuTi. The molecule has 0 rings (SSSR count). The molecular weight excluding hydrogens is 362 g/mol. The van der Waals surface area contributed by atoms with Crippen LogP contribution in [0.1, 0.15) is 0 Å². The average molecular weight is 365 g/mol. The molecule has 0 unspecified atom stereocenters. The van der Waals surface area contributed by atoms with Crippen molar-refractivity contribution in [2.24, 2.45) is 0 Å². The maximum Gasteiger partial charge on any atom is 0 e. The van der Waals surface area contributed by atoms with Gasteiger partial charge >= 0.3 is 42.1 Å². The predicted molar refractivity (Wildman–Crippen MR) is 39.3 cm³/mol. The number of hydrogen-bond donors (Lipinski definition) is 0. The Morgan fingerprint density at radius 3 is 0.750 bits per heavy atom. The first-order valence-electron chi connectivity index (χ1n) is 0.401. The quantitative estimate of drug-likeness (QED) is 0.578. The van der Waals surface area contributed by atoms with Crippen molar-refractivity contribution in [3.63, 3.8) is 0 Å².